The zero-order chi connectivity index (χ0) is 4.50. The fourth-order valence-electron chi connectivity index (χ4n) is 0. The lowest BCUT2D eigenvalue weighted by Crippen LogP contribution is -1.87. The lowest BCUT2D eigenvalue weighted by Gasteiger charge is -1.85. The molecule has 0 radical (unpaired) electrons. The molecule has 0 spiro atoms. The molecule has 0 aromatic carbocycles. The fourth-order valence-corrected chi connectivity index (χ4v) is 0. The van der Waals surface area contributed by atoms with Gasteiger partial charge in [-0.05, 0) is 0 Å². The SMILES string of the molecule is FC(F)(F)I.O. The van der Waals surface area contributed by atoms with Crippen molar-refractivity contribution in [1.29, 1.82) is 0 Å². The Labute approximate surface area is 46.0 Å². The van der Waals surface area contributed by atoms with Crippen LogP contribution in [-0.2, 0) is 0 Å². The average Bonchev–Trinajstić information content (AvgIpc) is 0.722. The number of hydrogen-bond acceptors (Lipinski definition) is 0. The standard InChI is InChI=1S/CF3I.H2O/c2-1(3,4)5;/h;1H2. The number of rotatable bonds is 0. The van der Waals surface area contributed by atoms with E-state index < -0.39 is 4.18 Å². The predicted octanol–water partition coefficient (Wildman–Crippen LogP) is 1.12. The molecule has 0 aliphatic heterocycles. The smallest absolute Gasteiger partial charge is 0.412 e. The van der Waals surface area contributed by atoms with Crippen LogP contribution in [0, 0.1) is 0 Å². The summed E-state index contributed by atoms with van der Waals surface area (Å²) < 4.78 is 27.0. The van der Waals surface area contributed by atoms with Crippen LogP contribution in [0.25, 0.3) is 0 Å². The Hall–Kier alpha value is 0.480. The summed E-state index contributed by atoms with van der Waals surface area (Å²) >= 11 is 0.378. The van der Waals surface area contributed by atoms with E-state index in [4.69, 9.17) is 0 Å². The minimum atomic E-state index is -4.03. The van der Waals surface area contributed by atoms with Crippen LogP contribution in [0.1, 0.15) is 0 Å². The summed E-state index contributed by atoms with van der Waals surface area (Å²) in [6.45, 7) is 0. The van der Waals surface area contributed by atoms with E-state index in [2.05, 4.69) is 0 Å². The molecule has 0 aromatic rings. The zero-order valence-electron chi connectivity index (χ0n) is 2.51. The van der Waals surface area contributed by atoms with Crippen LogP contribution in [0.5, 0.6) is 0 Å². The molecule has 2 N–H and O–H groups in total. The second-order valence-electron chi connectivity index (χ2n) is 0.429. The minimum absolute atomic E-state index is 0. The summed E-state index contributed by atoms with van der Waals surface area (Å²) in [6.07, 6.45) is 0. The Bertz CT molecular complexity index is 26.3. The van der Waals surface area contributed by atoms with Crippen LogP contribution in [0.2, 0.25) is 0 Å². The van der Waals surface area contributed by atoms with Crippen molar-refractivity contribution < 1.29 is 18.6 Å². The van der Waals surface area contributed by atoms with Crippen LogP contribution < -0.4 is 0 Å². The molecule has 6 heavy (non-hydrogen) atoms. The highest BCUT2D eigenvalue weighted by Crippen LogP contribution is 2.22. The molecule has 5 heteroatoms. The summed E-state index contributed by atoms with van der Waals surface area (Å²) in [7, 11) is 0. The largest absolute Gasteiger partial charge is 0.441 e. The molecule has 0 aromatic heterocycles. The van der Waals surface area contributed by atoms with Crippen LogP contribution >= 0.6 is 22.6 Å². The molecule has 0 atom stereocenters. The van der Waals surface area contributed by atoms with Crippen molar-refractivity contribution in [2.24, 2.45) is 0 Å². The molecule has 0 unspecified atom stereocenters. The zero-order valence-corrected chi connectivity index (χ0v) is 4.67. The Balaban J connectivity index is 0. The number of hydrogen-bond donors (Lipinski definition) is 0. The molecule has 0 fully saturated rings. The Morgan fingerprint density at radius 3 is 1.17 bits per heavy atom. The maximum Gasteiger partial charge on any atom is 0.441 e. The average molecular weight is 214 g/mol. The first-order chi connectivity index (χ1) is 2.00. The van der Waals surface area contributed by atoms with Gasteiger partial charge in [-0.3, -0.25) is 0 Å². The highest BCUT2D eigenvalue weighted by atomic mass is 127. The van der Waals surface area contributed by atoms with Crippen molar-refractivity contribution >= 4 is 22.6 Å². The Morgan fingerprint density at radius 2 is 1.17 bits per heavy atom. The third-order valence-corrected chi connectivity index (χ3v) is 0. The quantitative estimate of drug-likeness (QED) is 0.427. The van der Waals surface area contributed by atoms with E-state index in [0.717, 1.165) is 0 Å². The highest BCUT2D eigenvalue weighted by Gasteiger charge is 2.19. The molecule has 0 saturated carbocycles. The van der Waals surface area contributed by atoms with E-state index in [9.17, 15) is 13.2 Å². The monoisotopic (exact) mass is 214 g/mol. The first-order valence-corrected chi connectivity index (χ1v) is 1.83. The first kappa shape index (κ1) is 9.70. The molecule has 0 saturated heterocycles. The van der Waals surface area contributed by atoms with E-state index in [-0.39, 0.29) is 5.48 Å². The summed E-state index contributed by atoms with van der Waals surface area (Å²) in [6, 6.07) is 0. The molecular formula is CH2F3IO. The van der Waals surface area contributed by atoms with Gasteiger partial charge >= 0.3 is 4.18 Å². The van der Waals surface area contributed by atoms with Gasteiger partial charge in [0.1, 0.15) is 0 Å². The second-order valence-corrected chi connectivity index (χ2v) is 1.65. The molecule has 0 aliphatic rings. The van der Waals surface area contributed by atoms with Crippen molar-refractivity contribution in [3.8, 4) is 0 Å². The van der Waals surface area contributed by atoms with E-state index in [0.29, 0.717) is 22.6 Å². The highest BCUT2D eigenvalue weighted by molar-refractivity contribution is 14.1. The second kappa shape index (κ2) is 2.62. The molecule has 1 nitrogen and oxygen atoms in total. The van der Waals surface area contributed by atoms with Gasteiger partial charge in [-0.2, -0.15) is 13.2 Å². The molecule has 0 bridgehead atoms. The van der Waals surface area contributed by atoms with Gasteiger partial charge in [-0.1, -0.05) is 0 Å². The van der Waals surface area contributed by atoms with Gasteiger partial charge in [-0.25, -0.2) is 0 Å². The maximum absolute atomic E-state index is 10.3. The fraction of sp³-hybridized carbons (Fsp3) is 1.00. The first-order valence-electron chi connectivity index (χ1n) is 0.756. The van der Waals surface area contributed by atoms with Gasteiger partial charge in [0.15, 0.2) is 0 Å². The lowest BCUT2D eigenvalue weighted by molar-refractivity contribution is -0.0125. The van der Waals surface area contributed by atoms with E-state index in [1.807, 2.05) is 0 Å². The number of halogens is 4. The molecule has 0 aliphatic carbocycles. The molecule has 0 amide bonds. The van der Waals surface area contributed by atoms with Crippen LogP contribution in [0.15, 0.2) is 0 Å². The van der Waals surface area contributed by atoms with Crippen molar-refractivity contribution in [3.63, 3.8) is 0 Å². The molecular weight excluding hydrogens is 212 g/mol. The molecule has 0 heterocycles. The van der Waals surface area contributed by atoms with Gasteiger partial charge in [0.05, 0.1) is 0 Å². The van der Waals surface area contributed by atoms with Crippen molar-refractivity contribution in [3.05, 3.63) is 0 Å². The maximum atomic E-state index is 10.3. The van der Waals surface area contributed by atoms with Crippen LogP contribution in [-0.4, -0.2) is 9.66 Å². The van der Waals surface area contributed by atoms with Gasteiger partial charge in [0.2, 0.25) is 0 Å². The van der Waals surface area contributed by atoms with Crippen molar-refractivity contribution in [2.45, 2.75) is 4.18 Å². The summed E-state index contributed by atoms with van der Waals surface area (Å²) in [5.74, 6) is 0. The van der Waals surface area contributed by atoms with E-state index >= 15 is 0 Å². The van der Waals surface area contributed by atoms with Gasteiger partial charge < -0.3 is 5.48 Å². The third-order valence-electron chi connectivity index (χ3n) is 0. The molecule has 40 valence electrons. The van der Waals surface area contributed by atoms with Crippen molar-refractivity contribution in [1.82, 2.24) is 0 Å². The summed E-state index contributed by atoms with van der Waals surface area (Å²) in [5.41, 5.74) is 0. The van der Waals surface area contributed by atoms with Crippen LogP contribution in [0.3, 0.4) is 0 Å². The van der Waals surface area contributed by atoms with Gasteiger partial charge in [-0.15, -0.1) is 0 Å². The Kier molecular flexibility index (Phi) is 4.23. The summed E-state index contributed by atoms with van der Waals surface area (Å²) in [5, 5.41) is 0. The van der Waals surface area contributed by atoms with Crippen LogP contribution in [0.4, 0.5) is 13.2 Å². The summed E-state index contributed by atoms with van der Waals surface area (Å²) in [4.78, 5) is 0. The van der Waals surface area contributed by atoms with Gasteiger partial charge in [0, 0.05) is 22.6 Å². The predicted molar refractivity (Wildman–Crippen MR) is 23.7 cm³/mol. The van der Waals surface area contributed by atoms with Gasteiger partial charge in [0.25, 0.3) is 0 Å². The minimum Gasteiger partial charge on any atom is -0.412 e. The number of alkyl halides is 4. The Morgan fingerprint density at radius 1 is 1.17 bits per heavy atom. The third kappa shape index (κ3) is 235. The van der Waals surface area contributed by atoms with E-state index in [1.54, 1.807) is 0 Å². The lowest BCUT2D eigenvalue weighted by atomic mass is 11.6. The normalized spacial score (nSPS) is 10.0. The van der Waals surface area contributed by atoms with Crippen molar-refractivity contribution in [2.75, 3.05) is 0 Å². The topological polar surface area (TPSA) is 31.5 Å². The van der Waals surface area contributed by atoms with E-state index in [1.165, 1.54) is 0 Å². The molecule has 0 rings (SSSR count).